The van der Waals surface area contributed by atoms with Gasteiger partial charge in [0, 0.05) is 35.3 Å². The third-order valence-electron chi connectivity index (χ3n) is 12.1. The van der Waals surface area contributed by atoms with Gasteiger partial charge in [0.15, 0.2) is 0 Å². The number of benzene rings is 3. The minimum Gasteiger partial charge on any atom is -0.366 e. The molecular weight excluding hydrogens is 777 g/mol. The van der Waals surface area contributed by atoms with Gasteiger partial charge in [-0.2, -0.15) is 0 Å². The molecule has 63 heavy (non-hydrogen) atoms. The fraction of sp³-hybridized carbons (Fsp3) is 0. The van der Waals surface area contributed by atoms with Crippen molar-refractivity contribution in [3.63, 3.8) is 0 Å². The molecule has 3 aromatic carbocycles. The molecule has 0 spiro atoms. The number of aromatic nitrogens is 6. The molecule has 1 fully saturated rings. The van der Waals surface area contributed by atoms with Crippen molar-refractivity contribution in [2.75, 3.05) is 28.6 Å². The molecule has 0 saturated carbocycles. The number of pyridine rings is 6. The maximum Gasteiger partial charge on any atom is 0.493 e. The van der Waals surface area contributed by atoms with E-state index in [1.54, 1.807) is 0 Å². The van der Waals surface area contributed by atoms with Crippen LogP contribution in [0.25, 0.3) is 33.8 Å². The van der Waals surface area contributed by atoms with Crippen LogP contribution in [0.4, 0.5) is 52.0 Å². The Morgan fingerprint density at radius 3 is 0.889 bits per heavy atom. The van der Waals surface area contributed by atoms with Crippen LogP contribution in [0.2, 0.25) is 0 Å². The maximum atomic E-state index is 5.40. The average molecular weight is 810 g/mol. The predicted molar refractivity (Wildman–Crippen MR) is 253 cm³/mol. The number of hydrogen-bond acceptors (Lipinski definition) is 12. The second-order valence-electron chi connectivity index (χ2n) is 15.7. The summed E-state index contributed by atoms with van der Waals surface area (Å²) in [6, 6.07) is 62.0. The zero-order valence-corrected chi connectivity index (χ0v) is 33.7. The molecule has 6 aromatic heterocycles. The van der Waals surface area contributed by atoms with Gasteiger partial charge in [0.1, 0.15) is 34.9 Å². The van der Waals surface area contributed by atoms with Crippen LogP contribution in [-0.4, -0.2) is 51.3 Å². The second kappa shape index (κ2) is 14.1. The minimum atomic E-state index is -0.523. The van der Waals surface area contributed by atoms with E-state index in [0.29, 0.717) is 0 Å². The summed E-state index contributed by atoms with van der Waals surface area (Å²) in [5.41, 5.74) is 8.45. The number of nitrogens with zero attached hydrogens (tertiary/aromatic N) is 12. The molecular formula is C48H33B3N12. The first-order valence-corrected chi connectivity index (χ1v) is 21.0. The summed E-state index contributed by atoms with van der Waals surface area (Å²) in [5, 5.41) is 0. The number of rotatable bonds is 6. The highest BCUT2D eigenvalue weighted by Gasteiger charge is 2.71. The van der Waals surface area contributed by atoms with Crippen LogP contribution in [0.1, 0.15) is 0 Å². The van der Waals surface area contributed by atoms with Gasteiger partial charge in [-0.15, -0.1) is 0 Å². The highest BCUT2D eigenvalue weighted by molar-refractivity contribution is 7.11. The van der Waals surface area contributed by atoms with Gasteiger partial charge in [0.05, 0.1) is 34.1 Å². The zero-order chi connectivity index (χ0) is 41.4. The molecule has 0 bridgehead atoms. The van der Waals surface area contributed by atoms with Crippen molar-refractivity contribution in [2.24, 2.45) is 0 Å². The molecule has 4 aliphatic rings. The molecule has 0 radical (unpaired) electrons. The van der Waals surface area contributed by atoms with Gasteiger partial charge in [-0.05, 0) is 72.8 Å². The molecule has 1 saturated heterocycles. The van der Waals surface area contributed by atoms with Crippen molar-refractivity contribution in [3.8, 4) is 33.8 Å². The van der Waals surface area contributed by atoms with Crippen LogP contribution in [0.15, 0.2) is 201 Å². The minimum absolute atomic E-state index is 0.523. The topological polar surface area (TPSA) is 96.8 Å². The van der Waals surface area contributed by atoms with E-state index >= 15 is 0 Å². The molecule has 12 nitrogen and oxygen atoms in total. The first-order chi connectivity index (χ1) is 31.3. The predicted octanol–water partition coefficient (Wildman–Crippen LogP) is 9.30. The SMILES string of the molecule is c1ccc(-c2cccc(N3B4N(B5N(B6N4c4ncccc4N6c4cccc(-c6ccccc6)n4)c4ncccc4N5c4cccc(-c5ccccc5)n4)c4ncccc43)n2)cc1. The Kier molecular flexibility index (Phi) is 7.89. The van der Waals surface area contributed by atoms with E-state index in [9.17, 15) is 0 Å². The molecule has 10 heterocycles. The van der Waals surface area contributed by atoms with Gasteiger partial charge in [-0.1, -0.05) is 109 Å². The molecule has 0 amide bonds. The van der Waals surface area contributed by atoms with Crippen molar-refractivity contribution in [2.45, 2.75) is 0 Å². The molecule has 294 valence electrons. The van der Waals surface area contributed by atoms with Gasteiger partial charge in [-0.3, -0.25) is 0 Å². The van der Waals surface area contributed by atoms with Crippen LogP contribution < -0.4 is 28.6 Å². The lowest BCUT2D eigenvalue weighted by molar-refractivity contribution is 1.17. The van der Waals surface area contributed by atoms with Crippen molar-refractivity contribution in [3.05, 3.63) is 201 Å². The van der Waals surface area contributed by atoms with Crippen LogP contribution >= 0.6 is 0 Å². The first kappa shape index (κ1) is 35.3. The van der Waals surface area contributed by atoms with Gasteiger partial charge in [-0.25, -0.2) is 29.9 Å². The van der Waals surface area contributed by atoms with E-state index in [4.69, 9.17) is 29.9 Å². The maximum absolute atomic E-state index is 5.40. The molecule has 15 heteroatoms. The third-order valence-corrected chi connectivity index (χ3v) is 12.1. The Hall–Kier alpha value is -8.45. The van der Waals surface area contributed by atoms with Crippen molar-refractivity contribution in [1.29, 1.82) is 0 Å². The van der Waals surface area contributed by atoms with E-state index in [1.807, 2.05) is 91.4 Å². The molecule has 9 aromatic rings. The first-order valence-electron chi connectivity index (χ1n) is 21.0. The van der Waals surface area contributed by atoms with Crippen molar-refractivity contribution in [1.82, 2.24) is 29.9 Å². The lowest BCUT2D eigenvalue weighted by Crippen LogP contribution is -2.84. The van der Waals surface area contributed by atoms with Gasteiger partial charge in [0.25, 0.3) is 0 Å². The summed E-state index contributed by atoms with van der Waals surface area (Å²) in [5.74, 6) is 4.69. The Morgan fingerprint density at radius 1 is 0.286 bits per heavy atom. The van der Waals surface area contributed by atoms with Gasteiger partial charge < -0.3 is 28.6 Å². The Labute approximate surface area is 364 Å². The summed E-state index contributed by atoms with van der Waals surface area (Å²) in [6.45, 7) is 0. The standard InChI is InChI=1S/C48H33B3N12/c1-4-16-34(17-5-1)37-22-10-28-43(55-37)58-40-25-13-31-52-46(40)61-49(58)62-47-41(26-14-32-53-47)59(44-29-11-23-38(56-44)35-18-6-2-7-19-35)51(62)63-48-42(27-15-33-54-48)60(50(61)63)45-30-12-24-39(57-45)36-20-8-3-9-21-36/h1-33H. The van der Waals surface area contributed by atoms with E-state index in [2.05, 4.69) is 138 Å². The molecule has 0 unspecified atom stereocenters. The lowest BCUT2D eigenvalue weighted by atomic mass is 9.56. The fourth-order valence-electron chi connectivity index (χ4n) is 9.57. The monoisotopic (exact) mass is 810 g/mol. The van der Waals surface area contributed by atoms with E-state index in [1.165, 1.54) is 0 Å². The second-order valence-corrected chi connectivity index (χ2v) is 15.7. The number of fused-ring (bicyclic) bond motifs is 12. The normalized spacial score (nSPS) is 14.4. The summed E-state index contributed by atoms with van der Waals surface area (Å²) >= 11 is 0. The van der Waals surface area contributed by atoms with Crippen LogP contribution in [-0.2, 0) is 0 Å². The van der Waals surface area contributed by atoms with Gasteiger partial charge >= 0.3 is 21.4 Å². The third kappa shape index (κ3) is 5.39. The molecule has 13 rings (SSSR count). The Bertz CT molecular complexity index is 2840. The largest absolute Gasteiger partial charge is 0.493 e. The number of anilines is 9. The summed E-state index contributed by atoms with van der Waals surface area (Å²) < 4.78 is 7.12. The molecule has 0 aliphatic carbocycles. The van der Waals surface area contributed by atoms with Crippen LogP contribution in [0.3, 0.4) is 0 Å². The quantitative estimate of drug-likeness (QED) is 0.150. The van der Waals surface area contributed by atoms with E-state index in [0.717, 1.165) is 85.7 Å². The molecule has 4 aliphatic heterocycles. The Balaban J connectivity index is 1.07. The van der Waals surface area contributed by atoms with Crippen LogP contribution in [0.5, 0.6) is 0 Å². The average Bonchev–Trinajstić information content (AvgIpc) is 4.01. The van der Waals surface area contributed by atoms with Crippen molar-refractivity contribution < 1.29 is 0 Å². The fourth-order valence-corrected chi connectivity index (χ4v) is 9.57. The number of hydrogen-bond donors (Lipinski definition) is 0. The lowest BCUT2D eigenvalue weighted by Gasteiger charge is -2.50. The Morgan fingerprint density at radius 2 is 0.587 bits per heavy atom. The zero-order valence-electron chi connectivity index (χ0n) is 33.7. The molecule has 0 atom stereocenters. The molecule has 0 N–H and O–H groups in total. The van der Waals surface area contributed by atoms with Crippen molar-refractivity contribution >= 4 is 73.3 Å². The van der Waals surface area contributed by atoms with Crippen LogP contribution in [0, 0.1) is 0 Å². The van der Waals surface area contributed by atoms with Gasteiger partial charge in [0.2, 0.25) is 0 Å². The smallest absolute Gasteiger partial charge is 0.366 e. The highest BCUT2D eigenvalue weighted by atomic mass is 15.6. The van der Waals surface area contributed by atoms with E-state index in [-0.39, 0.29) is 0 Å². The summed E-state index contributed by atoms with van der Waals surface area (Å²) in [7, 11) is -1.57. The highest BCUT2D eigenvalue weighted by Crippen LogP contribution is 2.56. The summed E-state index contributed by atoms with van der Waals surface area (Å²) in [4.78, 5) is 38.7. The summed E-state index contributed by atoms with van der Waals surface area (Å²) in [6.07, 6.45) is 5.60. The van der Waals surface area contributed by atoms with E-state index < -0.39 is 21.4 Å².